The molecule has 7 heteroatoms. The number of anilines is 1. The third-order valence-corrected chi connectivity index (χ3v) is 5.94. The molecular weight excluding hydrogens is 392 g/mol. The lowest BCUT2D eigenvalue weighted by Gasteiger charge is -2.14. The van der Waals surface area contributed by atoms with Crippen LogP contribution in [0.4, 0.5) is 14.5 Å². The molecular formula is C20H18ClF2NO2S. The SMILES string of the molecule is O=C1CCCCC(Sc2cc(C(=O)Nc3ccc(F)c(Cl)c3)ccc2F)C1. The maximum absolute atomic E-state index is 14.2. The van der Waals surface area contributed by atoms with Crippen molar-refractivity contribution in [2.45, 2.75) is 42.2 Å². The number of hydrogen-bond donors (Lipinski definition) is 1. The number of carbonyl (C=O) groups is 2. The normalized spacial score (nSPS) is 17.4. The summed E-state index contributed by atoms with van der Waals surface area (Å²) in [6, 6.07) is 7.98. The predicted octanol–water partition coefficient (Wildman–Crippen LogP) is 5.86. The highest BCUT2D eigenvalue weighted by Crippen LogP contribution is 2.34. The van der Waals surface area contributed by atoms with Gasteiger partial charge in [-0.3, -0.25) is 9.59 Å². The average molecular weight is 410 g/mol. The number of rotatable bonds is 4. The lowest BCUT2D eigenvalue weighted by molar-refractivity contribution is -0.118. The van der Waals surface area contributed by atoms with Crippen molar-refractivity contribution in [1.29, 1.82) is 0 Å². The lowest BCUT2D eigenvalue weighted by atomic mass is 10.2. The number of nitrogens with one attached hydrogen (secondary N) is 1. The summed E-state index contributed by atoms with van der Waals surface area (Å²) in [7, 11) is 0. The fourth-order valence-electron chi connectivity index (χ4n) is 2.94. The molecule has 142 valence electrons. The molecule has 1 aliphatic rings. The minimum Gasteiger partial charge on any atom is -0.322 e. The minimum absolute atomic E-state index is 0.0173. The Balaban J connectivity index is 1.74. The fourth-order valence-corrected chi connectivity index (χ4v) is 4.41. The molecule has 2 aromatic rings. The van der Waals surface area contributed by atoms with Gasteiger partial charge in [-0.2, -0.15) is 0 Å². The van der Waals surface area contributed by atoms with Crippen LogP contribution in [-0.2, 0) is 4.79 Å². The standard InChI is InChI=1S/C20H18ClF2NO2S/c21-16-10-13(6-8-17(16)22)24-20(26)12-5-7-18(23)19(9-12)27-15-4-2-1-3-14(25)11-15/h5-10,15H,1-4,11H2,(H,24,26). The zero-order valence-corrected chi connectivity index (χ0v) is 16.0. The van der Waals surface area contributed by atoms with Crippen molar-refractivity contribution in [3.8, 4) is 0 Å². The monoisotopic (exact) mass is 409 g/mol. The number of hydrogen-bond acceptors (Lipinski definition) is 3. The number of Topliss-reactive ketones (excluding diaryl/α,β-unsaturated/α-hetero) is 1. The molecule has 0 heterocycles. The summed E-state index contributed by atoms with van der Waals surface area (Å²) in [5, 5.41) is 2.54. The molecule has 0 radical (unpaired) electrons. The van der Waals surface area contributed by atoms with E-state index in [0.717, 1.165) is 25.3 Å². The fraction of sp³-hybridized carbons (Fsp3) is 0.300. The quantitative estimate of drug-likeness (QED) is 0.643. The van der Waals surface area contributed by atoms with Crippen molar-refractivity contribution in [3.63, 3.8) is 0 Å². The van der Waals surface area contributed by atoms with Crippen molar-refractivity contribution in [2.75, 3.05) is 5.32 Å². The molecule has 3 rings (SSSR count). The maximum Gasteiger partial charge on any atom is 0.255 e. The van der Waals surface area contributed by atoms with Gasteiger partial charge in [0.15, 0.2) is 0 Å². The van der Waals surface area contributed by atoms with Crippen molar-refractivity contribution in [1.82, 2.24) is 0 Å². The summed E-state index contributed by atoms with van der Waals surface area (Å²) in [6.45, 7) is 0. The van der Waals surface area contributed by atoms with Gasteiger partial charge in [-0.25, -0.2) is 8.78 Å². The third-order valence-electron chi connectivity index (χ3n) is 4.35. The van der Waals surface area contributed by atoms with Crippen molar-refractivity contribution < 1.29 is 18.4 Å². The number of benzene rings is 2. The van der Waals surface area contributed by atoms with Crippen LogP contribution in [0.2, 0.25) is 5.02 Å². The average Bonchev–Trinajstić information content (AvgIpc) is 2.84. The van der Waals surface area contributed by atoms with Gasteiger partial charge in [-0.15, -0.1) is 11.8 Å². The molecule has 2 aromatic carbocycles. The van der Waals surface area contributed by atoms with Gasteiger partial charge in [0.2, 0.25) is 0 Å². The molecule has 0 bridgehead atoms. The van der Waals surface area contributed by atoms with E-state index in [1.165, 1.54) is 42.1 Å². The van der Waals surface area contributed by atoms with Gasteiger partial charge in [0, 0.05) is 34.2 Å². The topological polar surface area (TPSA) is 46.2 Å². The molecule has 0 aliphatic heterocycles. The predicted molar refractivity (Wildman–Crippen MR) is 104 cm³/mol. The zero-order valence-electron chi connectivity index (χ0n) is 14.4. The van der Waals surface area contributed by atoms with E-state index in [-0.39, 0.29) is 21.6 Å². The van der Waals surface area contributed by atoms with Gasteiger partial charge in [0.05, 0.1) is 5.02 Å². The highest BCUT2D eigenvalue weighted by molar-refractivity contribution is 8.00. The molecule has 3 nitrogen and oxygen atoms in total. The van der Waals surface area contributed by atoms with Gasteiger partial charge < -0.3 is 5.32 Å². The Hall–Kier alpha value is -1.92. The third kappa shape index (κ3) is 5.30. The molecule has 1 atom stereocenters. The van der Waals surface area contributed by atoms with E-state index in [2.05, 4.69) is 5.32 Å². The molecule has 1 unspecified atom stereocenters. The number of ketones is 1. The molecule has 1 saturated carbocycles. The minimum atomic E-state index is -0.576. The smallest absolute Gasteiger partial charge is 0.255 e. The Labute approximate surface area is 165 Å². The molecule has 27 heavy (non-hydrogen) atoms. The lowest BCUT2D eigenvalue weighted by Crippen LogP contribution is -2.13. The second-order valence-corrected chi connectivity index (χ2v) is 8.21. The zero-order chi connectivity index (χ0) is 19.4. The van der Waals surface area contributed by atoms with Gasteiger partial charge in [0.1, 0.15) is 17.4 Å². The molecule has 1 aliphatic carbocycles. The van der Waals surface area contributed by atoms with Crippen LogP contribution in [-0.4, -0.2) is 16.9 Å². The van der Waals surface area contributed by atoms with Crippen LogP contribution in [0.5, 0.6) is 0 Å². The van der Waals surface area contributed by atoms with Gasteiger partial charge in [-0.1, -0.05) is 18.0 Å². The first kappa shape index (κ1) is 19.8. The number of thioether (sulfide) groups is 1. The Kier molecular flexibility index (Phi) is 6.50. The van der Waals surface area contributed by atoms with Crippen LogP contribution in [0.1, 0.15) is 42.5 Å². The van der Waals surface area contributed by atoms with Gasteiger partial charge in [-0.05, 0) is 49.2 Å². The van der Waals surface area contributed by atoms with Crippen LogP contribution in [0.15, 0.2) is 41.3 Å². The van der Waals surface area contributed by atoms with E-state index in [1.54, 1.807) is 0 Å². The summed E-state index contributed by atoms with van der Waals surface area (Å²) in [4.78, 5) is 24.6. The van der Waals surface area contributed by atoms with Gasteiger partial charge >= 0.3 is 0 Å². The van der Waals surface area contributed by atoms with E-state index in [4.69, 9.17) is 11.6 Å². The highest BCUT2D eigenvalue weighted by atomic mass is 35.5. The van der Waals surface area contributed by atoms with E-state index in [0.29, 0.717) is 23.4 Å². The second kappa shape index (κ2) is 8.85. The van der Waals surface area contributed by atoms with E-state index in [1.807, 2.05) is 0 Å². The van der Waals surface area contributed by atoms with Crippen LogP contribution in [0.25, 0.3) is 0 Å². The van der Waals surface area contributed by atoms with E-state index in [9.17, 15) is 18.4 Å². The second-order valence-electron chi connectivity index (χ2n) is 6.46. The Morgan fingerprint density at radius 1 is 1.11 bits per heavy atom. The molecule has 1 N–H and O–H groups in total. The summed E-state index contributed by atoms with van der Waals surface area (Å²) in [6.07, 6.45) is 3.68. The van der Waals surface area contributed by atoms with Crippen molar-refractivity contribution in [2.24, 2.45) is 0 Å². The maximum atomic E-state index is 14.2. The first-order valence-corrected chi connectivity index (χ1v) is 9.92. The first-order valence-electron chi connectivity index (χ1n) is 8.66. The summed E-state index contributed by atoms with van der Waals surface area (Å²) in [5.41, 5.74) is 0.624. The number of carbonyl (C=O) groups excluding carboxylic acids is 2. The Bertz CT molecular complexity index is 875. The van der Waals surface area contributed by atoms with Crippen molar-refractivity contribution >= 4 is 40.7 Å². The van der Waals surface area contributed by atoms with Crippen molar-refractivity contribution in [3.05, 3.63) is 58.6 Å². The molecule has 1 amide bonds. The van der Waals surface area contributed by atoms with Gasteiger partial charge in [0.25, 0.3) is 5.91 Å². The summed E-state index contributed by atoms with van der Waals surface area (Å²) < 4.78 is 27.4. The van der Waals surface area contributed by atoms with Crippen LogP contribution in [0, 0.1) is 11.6 Å². The Morgan fingerprint density at radius 3 is 2.67 bits per heavy atom. The number of amides is 1. The molecule has 0 saturated heterocycles. The molecule has 0 aromatic heterocycles. The van der Waals surface area contributed by atoms with Crippen LogP contribution < -0.4 is 5.32 Å². The molecule has 0 spiro atoms. The van der Waals surface area contributed by atoms with E-state index < -0.39 is 17.5 Å². The summed E-state index contributed by atoms with van der Waals surface area (Å²) in [5.74, 6) is -1.24. The largest absolute Gasteiger partial charge is 0.322 e. The Morgan fingerprint density at radius 2 is 1.89 bits per heavy atom. The number of halogens is 3. The van der Waals surface area contributed by atoms with E-state index >= 15 is 0 Å². The highest BCUT2D eigenvalue weighted by Gasteiger charge is 2.21. The summed E-state index contributed by atoms with van der Waals surface area (Å²) >= 11 is 7.02. The first-order chi connectivity index (χ1) is 12.9. The van der Waals surface area contributed by atoms with Crippen LogP contribution in [0.3, 0.4) is 0 Å². The molecule has 1 fully saturated rings. The van der Waals surface area contributed by atoms with Crippen LogP contribution >= 0.6 is 23.4 Å².